The van der Waals surface area contributed by atoms with Crippen molar-refractivity contribution in [2.24, 2.45) is 0 Å². The minimum absolute atomic E-state index is 0.491. The van der Waals surface area contributed by atoms with Gasteiger partial charge in [0.25, 0.3) is 0 Å². The second kappa shape index (κ2) is 3.31. The summed E-state index contributed by atoms with van der Waals surface area (Å²) in [5, 5.41) is 7.84. The second-order valence-electron chi connectivity index (χ2n) is 4.17. The van der Waals surface area contributed by atoms with Gasteiger partial charge in [-0.25, -0.2) is 9.50 Å². The third-order valence-electron chi connectivity index (χ3n) is 2.93. The number of hydrogen-bond donors (Lipinski definition) is 1. The molecule has 2 aromatic rings. The summed E-state index contributed by atoms with van der Waals surface area (Å²) < 4.78 is 1.86. The third-order valence-corrected chi connectivity index (χ3v) is 2.93. The van der Waals surface area contributed by atoms with E-state index < -0.39 is 0 Å². The van der Waals surface area contributed by atoms with Gasteiger partial charge in [0.2, 0.25) is 0 Å². The van der Waals surface area contributed by atoms with Crippen LogP contribution in [-0.2, 0) is 0 Å². The molecular weight excluding hydrogens is 188 g/mol. The third kappa shape index (κ3) is 1.51. The van der Waals surface area contributed by atoms with Crippen molar-refractivity contribution in [2.45, 2.75) is 19.3 Å². The smallest absolute Gasteiger partial charge is 0.156 e. The van der Waals surface area contributed by atoms with E-state index in [1.54, 1.807) is 0 Å². The molecule has 0 radical (unpaired) electrons. The van der Waals surface area contributed by atoms with Crippen molar-refractivity contribution in [1.29, 1.82) is 0 Å². The summed E-state index contributed by atoms with van der Waals surface area (Å²) in [5.41, 5.74) is 2.18. The molecule has 4 heteroatoms. The number of pyridine rings is 1. The van der Waals surface area contributed by atoms with Crippen molar-refractivity contribution in [3.63, 3.8) is 0 Å². The number of nitrogens with zero attached hydrogens (tertiary/aromatic N) is 3. The van der Waals surface area contributed by atoms with Crippen LogP contribution in [0.25, 0.3) is 5.65 Å². The molecule has 1 saturated heterocycles. The molecule has 1 unspecified atom stereocenters. The average molecular weight is 202 g/mol. The molecule has 15 heavy (non-hydrogen) atoms. The number of fused-ring (bicyclic) bond motifs is 1. The molecule has 3 heterocycles. The highest BCUT2D eigenvalue weighted by atomic mass is 15.3. The Balaban J connectivity index is 2.05. The maximum Gasteiger partial charge on any atom is 0.156 e. The molecule has 78 valence electrons. The minimum atomic E-state index is 0.491. The van der Waals surface area contributed by atoms with E-state index in [2.05, 4.69) is 34.5 Å². The van der Waals surface area contributed by atoms with Crippen LogP contribution in [0.2, 0.25) is 0 Å². The van der Waals surface area contributed by atoms with Gasteiger partial charge in [-0.05, 0) is 37.6 Å². The normalized spacial score (nSPS) is 21.3. The van der Waals surface area contributed by atoms with Gasteiger partial charge in [-0.3, -0.25) is 0 Å². The number of nitrogens with one attached hydrogen (secondary N) is 1. The molecule has 1 aliphatic heterocycles. The lowest BCUT2D eigenvalue weighted by molar-refractivity contribution is 0.698. The molecule has 3 rings (SSSR count). The monoisotopic (exact) mass is 202 g/mol. The molecule has 0 aliphatic carbocycles. The molecule has 0 amide bonds. The zero-order valence-corrected chi connectivity index (χ0v) is 8.77. The van der Waals surface area contributed by atoms with E-state index in [0.29, 0.717) is 5.92 Å². The van der Waals surface area contributed by atoms with E-state index >= 15 is 0 Å². The lowest BCUT2D eigenvalue weighted by Gasteiger charge is -1.99. The number of hydrogen-bond acceptors (Lipinski definition) is 3. The van der Waals surface area contributed by atoms with Crippen LogP contribution < -0.4 is 5.32 Å². The van der Waals surface area contributed by atoms with Crippen LogP contribution in [0.3, 0.4) is 0 Å². The van der Waals surface area contributed by atoms with Gasteiger partial charge in [-0.2, -0.15) is 5.10 Å². The molecule has 4 nitrogen and oxygen atoms in total. The van der Waals surface area contributed by atoms with Crippen LogP contribution >= 0.6 is 0 Å². The van der Waals surface area contributed by atoms with Crippen molar-refractivity contribution in [1.82, 2.24) is 19.9 Å². The fourth-order valence-electron chi connectivity index (χ4n) is 2.05. The van der Waals surface area contributed by atoms with Gasteiger partial charge in [-0.15, -0.1) is 0 Å². The summed E-state index contributed by atoms with van der Waals surface area (Å²) in [6.07, 6.45) is 3.12. The summed E-state index contributed by atoms with van der Waals surface area (Å²) in [5.74, 6) is 1.47. The van der Waals surface area contributed by atoms with Crippen molar-refractivity contribution >= 4 is 5.65 Å². The number of rotatable bonds is 1. The van der Waals surface area contributed by atoms with E-state index in [-0.39, 0.29) is 0 Å². The van der Waals surface area contributed by atoms with Crippen LogP contribution in [0.5, 0.6) is 0 Å². The van der Waals surface area contributed by atoms with Gasteiger partial charge >= 0.3 is 0 Å². The van der Waals surface area contributed by atoms with Crippen molar-refractivity contribution < 1.29 is 0 Å². The Morgan fingerprint density at radius 1 is 1.53 bits per heavy atom. The second-order valence-corrected chi connectivity index (χ2v) is 4.17. The SMILES string of the molecule is Cc1ccn2nc(C3CCNC3)nc2c1. The van der Waals surface area contributed by atoms with E-state index in [4.69, 9.17) is 0 Å². The van der Waals surface area contributed by atoms with Crippen LogP contribution in [0.15, 0.2) is 18.3 Å². The molecule has 1 N–H and O–H groups in total. The van der Waals surface area contributed by atoms with Gasteiger partial charge in [0.15, 0.2) is 11.5 Å². The van der Waals surface area contributed by atoms with E-state index in [1.165, 1.54) is 5.56 Å². The molecule has 1 fully saturated rings. The van der Waals surface area contributed by atoms with Crippen LogP contribution in [0, 0.1) is 6.92 Å². The zero-order valence-electron chi connectivity index (χ0n) is 8.77. The standard InChI is InChI=1S/C11H14N4/c1-8-3-5-15-10(6-8)13-11(14-15)9-2-4-12-7-9/h3,5-6,9,12H,2,4,7H2,1H3. The van der Waals surface area contributed by atoms with Crippen LogP contribution in [0.4, 0.5) is 0 Å². The lowest BCUT2D eigenvalue weighted by Crippen LogP contribution is -2.08. The highest BCUT2D eigenvalue weighted by molar-refractivity contribution is 5.40. The molecule has 1 aliphatic rings. The summed E-state index contributed by atoms with van der Waals surface area (Å²) in [6, 6.07) is 4.12. The maximum absolute atomic E-state index is 4.57. The van der Waals surface area contributed by atoms with Crippen LogP contribution in [0.1, 0.15) is 23.7 Å². The average Bonchev–Trinajstić information content (AvgIpc) is 2.84. The van der Waals surface area contributed by atoms with E-state index in [0.717, 1.165) is 31.0 Å². The Morgan fingerprint density at radius 3 is 3.27 bits per heavy atom. The highest BCUT2D eigenvalue weighted by Crippen LogP contribution is 2.19. The van der Waals surface area contributed by atoms with Gasteiger partial charge in [0.05, 0.1) is 0 Å². The largest absolute Gasteiger partial charge is 0.316 e. The van der Waals surface area contributed by atoms with Gasteiger partial charge in [0.1, 0.15) is 0 Å². The summed E-state index contributed by atoms with van der Waals surface area (Å²) in [4.78, 5) is 4.57. The Bertz CT molecular complexity index is 482. The zero-order chi connectivity index (χ0) is 10.3. The van der Waals surface area contributed by atoms with Gasteiger partial charge in [-0.1, -0.05) is 0 Å². The van der Waals surface area contributed by atoms with Crippen molar-refractivity contribution in [2.75, 3.05) is 13.1 Å². The first-order chi connectivity index (χ1) is 7.33. The molecule has 0 bridgehead atoms. The predicted octanol–water partition coefficient (Wildman–Crippen LogP) is 1.11. The molecule has 1 atom stereocenters. The fourth-order valence-corrected chi connectivity index (χ4v) is 2.05. The Hall–Kier alpha value is -1.42. The molecule has 2 aromatic heterocycles. The highest BCUT2D eigenvalue weighted by Gasteiger charge is 2.20. The van der Waals surface area contributed by atoms with Crippen molar-refractivity contribution in [3.05, 3.63) is 29.7 Å². The first kappa shape index (κ1) is 8.85. The molecular formula is C11H14N4. The fraction of sp³-hybridized carbons (Fsp3) is 0.455. The summed E-state index contributed by atoms with van der Waals surface area (Å²) in [7, 11) is 0. The maximum atomic E-state index is 4.57. The quantitative estimate of drug-likeness (QED) is 0.753. The Morgan fingerprint density at radius 2 is 2.47 bits per heavy atom. The van der Waals surface area contributed by atoms with Gasteiger partial charge < -0.3 is 5.32 Å². The summed E-state index contributed by atoms with van der Waals surface area (Å²) >= 11 is 0. The first-order valence-corrected chi connectivity index (χ1v) is 5.36. The molecule has 0 aromatic carbocycles. The topological polar surface area (TPSA) is 42.2 Å². The number of aromatic nitrogens is 3. The molecule has 0 spiro atoms. The Labute approximate surface area is 88.3 Å². The van der Waals surface area contributed by atoms with Crippen LogP contribution in [-0.4, -0.2) is 27.7 Å². The molecule has 0 saturated carbocycles. The Kier molecular flexibility index (Phi) is 1.95. The van der Waals surface area contributed by atoms with E-state index in [9.17, 15) is 0 Å². The minimum Gasteiger partial charge on any atom is -0.316 e. The first-order valence-electron chi connectivity index (χ1n) is 5.36. The lowest BCUT2D eigenvalue weighted by atomic mass is 10.1. The predicted molar refractivity (Wildman–Crippen MR) is 58.0 cm³/mol. The van der Waals surface area contributed by atoms with E-state index in [1.807, 2.05) is 10.7 Å². The summed E-state index contributed by atoms with van der Waals surface area (Å²) in [6.45, 7) is 4.17. The number of aryl methyl sites for hydroxylation is 1. The van der Waals surface area contributed by atoms with Gasteiger partial charge in [0, 0.05) is 18.7 Å². The van der Waals surface area contributed by atoms with Crippen molar-refractivity contribution in [3.8, 4) is 0 Å².